The molecule has 1 saturated carbocycles. The molecule has 2 heterocycles. The molecule has 2 aromatic rings. The van der Waals surface area contributed by atoms with Gasteiger partial charge in [0.05, 0.1) is 24.4 Å². The molecule has 128 valence electrons. The van der Waals surface area contributed by atoms with Crippen LogP contribution in [0.15, 0.2) is 16.9 Å². The number of rotatable bonds is 3. The Hall–Kier alpha value is -1.92. The third-order valence-electron chi connectivity index (χ3n) is 5.04. The smallest absolute Gasteiger partial charge is 0.251 e. The second-order valence-corrected chi connectivity index (χ2v) is 6.64. The van der Waals surface area contributed by atoms with E-state index in [4.69, 9.17) is 10.5 Å². The number of aromatic nitrogens is 1. The second kappa shape index (κ2) is 5.86. The highest BCUT2D eigenvalue weighted by atomic mass is 19.1. The van der Waals surface area contributed by atoms with Crippen LogP contribution in [0.5, 0.6) is 0 Å². The maximum absolute atomic E-state index is 14.9. The highest BCUT2D eigenvalue weighted by Gasteiger charge is 2.29. The van der Waals surface area contributed by atoms with Gasteiger partial charge in [-0.3, -0.25) is 4.79 Å². The Morgan fingerprint density at radius 3 is 2.62 bits per heavy atom. The fraction of sp³-hybridized carbons (Fsp3) is 0.500. The van der Waals surface area contributed by atoms with Gasteiger partial charge in [0, 0.05) is 37.1 Å². The Bertz CT molecular complexity index is 852. The molecule has 0 bridgehead atoms. The van der Waals surface area contributed by atoms with Gasteiger partial charge in [0.15, 0.2) is 0 Å². The lowest BCUT2D eigenvalue weighted by Crippen LogP contribution is -2.37. The van der Waals surface area contributed by atoms with E-state index in [-0.39, 0.29) is 24.0 Å². The van der Waals surface area contributed by atoms with Crippen LogP contribution in [0.1, 0.15) is 30.0 Å². The Labute approximate surface area is 139 Å². The number of nitrogens with zero attached hydrogens (tertiary/aromatic N) is 2. The minimum absolute atomic E-state index is 0.0342. The molecule has 2 fully saturated rings. The summed E-state index contributed by atoms with van der Waals surface area (Å²) in [5.41, 5.74) is 8.74. The van der Waals surface area contributed by atoms with Crippen LogP contribution in [0.25, 0.3) is 10.9 Å². The summed E-state index contributed by atoms with van der Waals surface area (Å²) >= 11 is 0. The van der Waals surface area contributed by atoms with Gasteiger partial charge in [-0.05, 0) is 37.0 Å². The molecule has 2 aliphatic rings. The molecule has 1 aromatic heterocycles. The zero-order valence-corrected chi connectivity index (χ0v) is 13.8. The predicted octanol–water partition coefficient (Wildman–Crippen LogP) is 2.08. The summed E-state index contributed by atoms with van der Waals surface area (Å²) in [6.45, 7) is 4.65. The number of fused-ring (bicyclic) bond motifs is 1. The summed E-state index contributed by atoms with van der Waals surface area (Å²) in [5.74, 6) is -0.252. The van der Waals surface area contributed by atoms with Gasteiger partial charge in [-0.15, -0.1) is 0 Å². The van der Waals surface area contributed by atoms with E-state index < -0.39 is 0 Å². The number of morpholine rings is 1. The van der Waals surface area contributed by atoms with E-state index in [9.17, 15) is 9.18 Å². The first-order valence-corrected chi connectivity index (χ1v) is 8.51. The third-order valence-corrected chi connectivity index (χ3v) is 5.04. The minimum atomic E-state index is -0.252. The topological polar surface area (TPSA) is 60.5 Å². The molecule has 0 unspecified atom stereocenters. The maximum atomic E-state index is 14.9. The molecule has 2 N–H and O–H groups in total. The Morgan fingerprint density at radius 1 is 1.29 bits per heavy atom. The molecular weight excluding hydrogens is 309 g/mol. The standard InChI is InChI=1S/C18H22FN3O2/c1-11-17-14(9-15(19)18(11)21-4-6-24-7-5-21)12(10-20)8-16(23)22(17)13-2-3-13/h8-9,13H,2-7,10,20H2,1H3. The number of halogens is 1. The van der Waals surface area contributed by atoms with Gasteiger partial charge in [-0.25, -0.2) is 4.39 Å². The molecule has 4 rings (SSSR count). The maximum Gasteiger partial charge on any atom is 0.251 e. The van der Waals surface area contributed by atoms with Gasteiger partial charge in [-0.2, -0.15) is 0 Å². The van der Waals surface area contributed by atoms with Crippen LogP contribution in [0.2, 0.25) is 0 Å². The van der Waals surface area contributed by atoms with Crippen LogP contribution < -0.4 is 16.2 Å². The number of ether oxygens (including phenoxy) is 1. The van der Waals surface area contributed by atoms with Crippen LogP contribution in [0, 0.1) is 12.7 Å². The monoisotopic (exact) mass is 331 g/mol. The van der Waals surface area contributed by atoms with Gasteiger partial charge in [0.2, 0.25) is 0 Å². The summed E-state index contributed by atoms with van der Waals surface area (Å²) in [4.78, 5) is 14.6. The Balaban J connectivity index is 2.02. The summed E-state index contributed by atoms with van der Waals surface area (Å²) in [7, 11) is 0. The number of hydrogen-bond acceptors (Lipinski definition) is 4. The summed E-state index contributed by atoms with van der Waals surface area (Å²) in [6.07, 6.45) is 2.00. The number of benzene rings is 1. The molecule has 0 spiro atoms. The van der Waals surface area contributed by atoms with Gasteiger partial charge >= 0.3 is 0 Å². The molecule has 24 heavy (non-hydrogen) atoms. The zero-order valence-electron chi connectivity index (χ0n) is 13.8. The highest BCUT2D eigenvalue weighted by molar-refractivity contribution is 5.90. The third kappa shape index (κ3) is 2.41. The number of hydrogen-bond donors (Lipinski definition) is 1. The van der Waals surface area contributed by atoms with E-state index in [0.717, 1.165) is 29.3 Å². The van der Waals surface area contributed by atoms with Crippen molar-refractivity contribution in [3.05, 3.63) is 39.4 Å². The van der Waals surface area contributed by atoms with Crippen molar-refractivity contribution in [2.75, 3.05) is 31.2 Å². The lowest BCUT2D eigenvalue weighted by molar-refractivity contribution is 0.122. The summed E-state index contributed by atoms with van der Waals surface area (Å²) in [5, 5.41) is 0.760. The van der Waals surface area contributed by atoms with Gasteiger partial charge < -0.3 is 19.9 Å². The van der Waals surface area contributed by atoms with Crippen molar-refractivity contribution < 1.29 is 9.13 Å². The Morgan fingerprint density at radius 2 is 2.00 bits per heavy atom. The molecule has 5 nitrogen and oxygen atoms in total. The van der Waals surface area contributed by atoms with E-state index in [1.165, 1.54) is 0 Å². The van der Waals surface area contributed by atoms with Crippen molar-refractivity contribution in [3.8, 4) is 0 Å². The number of pyridine rings is 1. The van der Waals surface area contributed by atoms with Crippen molar-refractivity contribution in [1.29, 1.82) is 0 Å². The van der Waals surface area contributed by atoms with E-state index >= 15 is 0 Å². The predicted molar refractivity (Wildman–Crippen MR) is 92.1 cm³/mol. The molecule has 1 aliphatic heterocycles. The lowest BCUT2D eigenvalue weighted by Gasteiger charge is -2.31. The van der Waals surface area contributed by atoms with Crippen molar-refractivity contribution >= 4 is 16.6 Å². The van der Waals surface area contributed by atoms with Crippen molar-refractivity contribution in [2.24, 2.45) is 5.73 Å². The van der Waals surface area contributed by atoms with Crippen LogP contribution in [-0.4, -0.2) is 30.9 Å². The van der Waals surface area contributed by atoms with E-state index in [1.54, 1.807) is 12.1 Å². The first-order valence-electron chi connectivity index (χ1n) is 8.51. The quantitative estimate of drug-likeness (QED) is 0.935. The largest absolute Gasteiger partial charge is 0.378 e. The van der Waals surface area contributed by atoms with Gasteiger partial charge in [-0.1, -0.05) is 0 Å². The van der Waals surface area contributed by atoms with E-state index in [2.05, 4.69) is 0 Å². The number of anilines is 1. The first kappa shape index (κ1) is 15.6. The van der Waals surface area contributed by atoms with Crippen LogP contribution >= 0.6 is 0 Å². The molecule has 1 saturated heterocycles. The Kier molecular flexibility index (Phi) is 3.81. The van der Waals surface area contributed by atoms with Crippen molar-refractivity contribution in [2.45, 2.75) is 32.4 Å². The van der Waals surface area contributed by atoms with Crippen molar-refractivity contribution in [1.82, 2.24) is 4.57 Å². The molecule has 1 aliphatic carbocycles. The minimum Gasteiger partial charge on any atom is -0.378 e. The molecule has 0 radical (unpaired) electrons. The fourth-order valence-corrected chi connectivity index (χ4v) is 3.76. The molecule has 1 aromatic carbocycles. The average molecular weight is 331 g/mol. The van der Waals surface area contributed by atoms with E-state index in [1.807, 2.05) is 16.4 Å². The van der Waals surface area contributed by atoms with Gasteiger partial charge in [0.1, 0.15) is 5.82 Å². The van der Waals surface area contributed by atoms with Crippen molar-refractivity contribution in [3.63, 3.8) is 0 Å². The van der Waals surface area contributed by atoms with Crippen LogP contribution in [-0.2, 0) is 11.3 Å². The van der Waals surface area contributed by atoms with Gasteiger partial charge in [0.25, 0.3) is 5.56 Å². The van der Waals surface area contributed by atoms with Crippen LogP contribution in [0.4, 0.5) is 10.1 Å². The number of nitrogens with two attached hydrogens (primary N) is 1. The fourth-order valence-electron chi connectivity index (χ4n) is 3.76. The molecule has 0 atom stereocenters. The highest BCUT2D eigenvalue weighted by Crippen LogP contribution is 2.39. The number of aryl methyl sites for hydroxylation is 1. The lowest BCUT2D eigenvalue weighted by atomic mass is 10.0. The summed E-state index contributed by atoms with van der Waals surface area (Å²) < 4.78 is 22.1. The SMILES string of the molecule is Cc1c(N2CCOCC2)c(F)cc2c(CN)cc(=O)n(C3CC3)c12. The second-order valence-electron chi connectivity index (χ2n) is 6.64. The normalized spacial score (nSPS) is 18.4. The molecular formula is C18H22FN3O2. The van der Waals surface area contributed by atoms with E-state index in [0.29, 0.717) is 37.6 Å². The van der Waals surface area contributed by atoms with Crippen LogP contribution in [0.3, 0.4) is 0 Å². The average Bonchev–Trinajstić information content (AvgIpc) is 3.40. The zero-order chi connectivity index (χ0) is 16.8. The molecule has 0 amide bonds. The molecule has 6 heteroatoms. The first-order chi connectivity index (χ1) is 11.6. The summed E-state index contributed by atoms with van der Waals surface area (Å²) in [6, 6.07) is 3.34.